The number of benzene rings is 2. The van der Waals surface area contributed by atoms with Gasteiger partial charge >= 0.3 is 0 Å². The molecular weight excluding hydrogens is 414 g/mol. The quantitative estimate of drug-likeness (QED) is 0.419. The molecule has 2 aliphatic heterocycles. The summed E-state index contributed by atoms with van der Waals surface area (Å²) >= 11 is 0. The fourth-order valence-corrected chi connectivity index (χ4v) is 4.15. The Morgan fingerprint density at radius 3 is 2.53 bits per heavy atom. The van der Waals surface area contributed by atoms with Crippen molar-refractivity contribution in [3.63, 3.8) is 0 Å². The normalized spacial score (nSPS) is 19.2. The van der Waals surface area contributed by atoms with Gasteiger partial charge in [0.15, 0.2) is 23.0 Å². The summed E-state index contributed by atoms with van der Waals surface area (Å²) in [5, 5.41) is 11.2. The average Bonchev–Trinajstić information content (AvgIpc) is 3.07. The lowest BCUT2D eigenvalue weighted by atomic mass is 9.94. The first-order valence-electron chi connectivity index (χ1n) is 10.4. The molecule has 32 heavy (non-hydrogen) atoms. The van der Waals surface area contributed by atoms with Crippen molar-refractivity contribution in [3.8, 4) is 23.0 Å². The molecule has 1 unspecified atom stereocenters. The minimum atomic E-state index is -0.826. The number of rotatable bonds is 6. The Balaban J connectivity index is 1.91. The molecule has 0 aliphatic carbocycles. The maximum atomic E-state index is 13.1. The molecule has 2 aromatic carbocycles. The largest absolute Gasteiger partial charge is 0.507 e. The Labute approximate surface area is 185 Å². The van der Waals surface area contributed by atoms with E-state index in [2.05, 4.69) is 0 Å². The van der Waals surface area contributed by atoms with E-state index in [-0.39, 0.29) is 11.3 Å². The second-order valence-corrected chi connectivity index (χ2v) is 7.43. The monoisotopic (exact) mass is 439 g/mol. The molecule has 0 saturated carbocycles. The number of fused-ring (bicyclic) bond motifs is 1. The Morgan fingerprint density at radius 2 is 1.84 bits per heavy atom. The molecule has 1 amide bonds. The van der Waals surface area contributed by atoms with E-state index >= 15 is 0 Å². The summed E-state index contributed by atoms with van der Waals surface area (Å²) in [6.45, 7) is 3.09. The summed E-state index contributed by atoms with van der Waals surface area (Å²) in [6, 6.07) is 9.34. The number of carbonyl (C=O) groups is 2. The molecular formula is C24H25NO7. The van der Waals surface area contributed by atoms with Crippen molar-refractivity contribution in [3.05, 3.63) is 53.1 Å². The van der Waals surface area contributed by atoms with Crippen LogP contribution in [0.2, 0.25) is 0 Å². The summed E-state index contributed by atoms with van der Waals surface area (Å²) in [7, 11) is 3.01. The average molecular weight is 439 g/mol. The number of methoxy groups -OCH3 is 2. The molecule has 1 saturated heterocycles. The lowest BCUT2D eigenvalue weighted by Crippen LogP contribution is -2.30. The molecule has 2 aliphatic rings. The van der Waals surface area contributed by atoms with Crippen LogP contribution in [0.15, 0.2) is 42.0 Å². The SMILES string of the molecule is CCCN1C(=O)C(=O)/C(=C(/O)c2ccc3c(c2)OCCO3)C1c1cccc(OC)c1OC. The van der Waals surface area contributed by atoms with Gasteiger partial charge in [-0.05, 0) is 30.7 Å². The van der Waals surface area contributed by atoms with Crippen LogP contribution in [0, 0.1) is 0 Å². The molecule has 8 heteroatoms. The predicted molar refractivity (Wildman–Crippen MR) is 116 cm³/mol. The summed E-state index contributed by atoms with van der Waals surface area (Å²) in [5.41, 5.74) is 0.904. The van der Waals surface area contributed by atoms with Crippen LogP contribution in [0.25, 0.3) is 5.76 Å². The van der Waals surface area contributed by atoms with E-state index in [0.717, 1.165) is 0 Å². The van der Waals surface area contributed by atoms with Gasteiger partial charge in [0.05, 0.1) is 25.8 Å². The molecule has 8 nitrogen and oxygen atoms in total. The Kier molecular flexibility index (Phi) is 5.94. The summed E-state index contributed by atoms with van der Waals surface area (Å²) in [6.07, 6.45) is 0.639. The summed E-state index contributed by atoms with van der Waals surface area (Å²) in [5.74, 6) is 0.196. The first-order chi connectivity index (χ1) is 15.5. The maximum Gasteiger partial charge on any atom is 0.295 e. The van der Waals surface area contributed by atoms with Crippen molar-refractivity contribution in [2.75, 3.05) is 34.0 Å². The Morgan fingerprint density at radius 1 is 1.09 bits per heavy atom. The van der Waals surface area contributed by atoms with Crippen LogP contribution < -0.4 is 18.9 Å². The van der Waals surface area contributed by atoms with E-state index in [1.54, 1.807) is 36.4 Å². The highest BCUT2D eigenvalue weighted by Crippen LogP contribution is 2.46. The molecule has 1 fully saturated rings. The van der Waals surface area contributed by atoms with Crippen LogP contribution in [0.5, 0.6) is 23.0 Å². The number of hydrogen-bond donors (Lipinski definition) is 1. The standard InChI is InChI=1S/C24H25NO7/c1-4-10-25-20(15-6-5-7-17(29-2)23(15)30-3)19(22(27)24(25)28)21(26)14-8-9-16-18(13-14)32-12-11-31-16/h5-9,13,20,26H,4,10-12H2,1-3H3/b21-19+. The van der Waals surface area contributed by atoms with Crippen LogP contribution in [0.1, 0.15) is 30.5 Å². The first-order valence-corrected chi connectivity index (χ1v) is 10.4. The number of Topliss-reactive ketones (excluding diaryl/α,β-unsaturated/α-hetero) is 1. The molecule has 2 heterocycles. The van der Waals surface area contributed by atoms with Crippen LogP contribution in [-0.4, -0.2) is 55.7 Å². The Bertz CT molecular complexity index is 1090. The van der Waals surface area contributed by atoms with Gasteiger partial charge in [-0.2, -0.15) is 0 Å². The van der Waals surface area contributed by atoms with Gasteiger partial charge in [0.2, 0.25) is 0 Å². The number of para-hydroxylation sites is 1. The molecule has 2 aromatic rings. The number of hydrogen-bond acceptors (Lipinski definition) is 7. The first kappa shape index (κ1) is 21.5. The second-order valence-electron chi connectivity index (χ2n) is 7.43. The maximum absolute atomic E-state index is 13.1. The number of nitrogens with zero attached hydrogens (tertiary/aromatic N) is 1. The zero-order chi connectivity index (χ0) is 22.8. The van der Waals surface area contributed by atoms with Crippen molar-refractivity contribution >= 4 is 17.4 Å². The molecule has 1 N–H and O–H groups in total. The molecule has 0 bridgehead atoms. The molecule has 0 aromatic heterocycles. The van der Waals surface area contributed by atoms with Gasteiger partial charge in [0, 0.05) is 17.7 Å². The highest BCUT2D eigenvalue weighted by Gasteiger charge is 2.47. The number of aliphatic hydroxyl groups excluding tert-OH is 1. The van der Waals surface area contributed by atoms with Gasteiger partial charge < -0.3 is 29.0 Å². The zero-order valence-corrected chi connectivity index (χ0v) is 18.2. The third-order valence-corrected chi connectivity index (χ3v) is 5.55. The predicted octanol–water partition coefficient (Wildman–Crippen LogP) is 3.31. The lowest BCUT2D eigenvalue weighted by Gasteiger charge is -2.27. The van der Waals surface area contributed by atoms with Crippen molar-refractivity contribution in [1.82, 2.24) is 4.90 Å². The second kappa shape index (κ2) is 8.82. The van der Waals surface area contributed by atoms with Crippen LogP contribution in [-0.2, 0) is 9.59 Å². The summed E-state index contributed by atoms with van der Waals surface area (Å²) in [4.78, 5) is 27.5. The van der Waals surface area contributed by atoms with E-state index in [1.165, 1.54) is 19.1 Å². The highest BCUT2D eigenvalue weighted by molar-refractivity contribution is 6.46. The topological polar surface area (TPSA) is 94.5 Å². The van der Waals surface area contributed by atoms with Gasteiger partial charge in [-0.1, -0.05) is 19.1 Å². The number of aliphatic hydroxyl groups is 1. The smallest absolute Gasteiger partial charge is 0.295 e. The van der Waals surface area contributed by atoms with Gasteiger partial charge in [-0.3, -0.25) is 9.59 Å². The van der Waals surface area contributed by atoms with Gasteiger partial charge in [-0.15, -0.1) is 0 Å². The lowest BCUT2D eigenvalue weighted by molar-refractivity contribution is -0.139. The third-order valence-electron chi connectivity index (χ3n) is 5.55. The van der Waals surface area contributed by atoms with Gasteiger partial charge in [0.1, 0.15) is 19.0 Å². The van der Waals surface area contributed by atoms with E-state index in [0.29, 0.717) is 60.3 Å². The minimum absolute atomic E-state index is 0.00770. The zero-order valence-electron chi connectivity index (χ0n) is 18.2. The van der Waals surface area contributed by atoms with Crippen molar-refractivity contribution in [1.29, 1.82) is 0 Å². The number of likely N-dealkylation sites (tertiary alicyclic amines) is 1. The summed E-state index contributed by atoms with van der Waals surface area (Å²) < 4.78 is 22.1. The van der Waals surface area contributed by atoms with E-state index in [4.69, 9.17) is 18.9 Å². The van der Waals surface area contributed by atoms with Crippen molar-refractivity contribution in [2.24, 2.45) is 0 Å². The molecule has 0 radical (unpaired) electrons. The van der Waals surface area contributed by atoms with Crippen LogP contribution in [0.3, 0.4) is 0 Å². The van der Waals surface area contributed by atoms with Gasteiger partial charge in [-0.25, -0.2) is 0 Å². The molecule has 168 valence electrons. The van der Waals surface area contributed by atoms with Crippen molar-refractivity contribution < 1.29 is 33.6 Å². The third kappa shape index (κ3) is 3.51. The van der Waals surface area contributed by atoms with E-state index < -0.39 is 17.7 Å². The van der Waals surface area contributed by atoms with Crippen LogP contribution >= 0.6 is 0 Å². The Hall–Kier alpha value is -3.68. The number of ether oxygens (including phenoxy) is 4. The van der Waals surface area contributed by atoms with Crippen LogP contribution in [0.4, 0.5) is 0 Å². The fraction of sp³-hybridized carbons (Fsp3) is 0.333. The molecule has 0 spiro atoms. The van der Waals surface area contributed by atoms with E-state index in [1.807, 2.05) is 6.92 Å². The number of carbonyl (C=O) groups excluding carboxylic acids is 2. The fourth-order valence-electron chi connectivity index (χ4n) is 4.15. The molecule has 1 atom stereocenters. The van der Waals surface area contributed by atoms with E-state index in [9.17, 15) is 14.7 Å². The van der Waals surface area contributed by atoms with Crippen molar-refractivity contribution in [2.45, 2.75) is 19.4 Å². The highest BCUT2D eigenvalue weighted by atomic mass is 16.6. The van der Waals surface area contributed by atoms with Gasteiger partial charge in [0.25, 0.3) is 11.7 Å². The molecule has 4 rings (SSSR count). The minimum Gasteiger partial charge on any atom is -0.507 e. The number of amides is 1. The number of ketones is 1.